The summed E-state index contributed by atoms with van der Waals surface area (Å²) in [6.07, 6.45) is 0.459. The number of para-hydroxylation sites is 1. The fraction of sp³-hybridized carbons (Fsp3) is 0.414. The fourth-order valence-corrected chi connectivity index (χ4v) is 5.82. The SMILES string of the molecule is CCn1c(-c2nc3cc(C(=O)N4C[C@@H]5C[C@]5(NC(=O)OC(C)(C)C)C4)ccc3n2C)cc2ccccc21. The molecule has 1 aliphatic heterocycles. The second-order valence-electron chi connectivity index (χ2n) is 11.4. The number of aromatic nitrogens is 3. The number of nitrogens with zero attached hydrogens (tertiary/aromatic N) is 4. The molecule has 8 nitrogen and oxygen atoms in total. The van der Waals surface area contributed by atoms with Crippen LogP contribution in [0.4, 0.5) is 4.79 Å². The van der Waals surface area contributed by atoms with E-state index >= 15 is 0 Å². The van der Waals surface area contributed by atoms with Crippen LogP contribution in [0.5, 0.6) is 0 Å². The first-order valence-corrected chi connectivity index (χ1v) is 12.9. The van der Waals surface area contributed by atoms with Crippen molar-refractivity contribution in [2.45, 2.75) is 51.8 Å². The molecule has 1 aliphatic carbocycles. The van der Waals surface area contributed by atoms with Crippen LogP contribution >= 0.6 is 0 Å². The molecule has 6 rings (SSSR count). The standard InChI is InChI=1S/C29H33N5O3/c1-6-34-22-10-8-7-9-18(22)14-24(34)25-30-21-13-19(11-12-23(21)32(25)5)26(35)33-16-20-15-29(20,17-33)31-27(36)37-28(2,3)4/h7-14,20H,6,15-17H2,1-5H3,(H,31,36)/t20-,29-/m0/s1. The number of carbonyl (C=O) groups excluding carboxylic acids is 2. The summed E-state index contributed by atoms with van der Waals surface area (Å²) in [6.45, 7) is 9.65. The number of nitrogens with one attached hydrogen (secondary N) is 1. The highest BCUT2D eigenvalue weighted by molar-refractivity contribution is 5.98. The molecule has 0 spiro atoms. The van der Waals surface area contributed by atoms with E-state index in [4.69, 9.17) is 9.72 Å². The first-order valence-electron chi connectivity index (χ1n) is 12.9. The van der Waals surface area contributed by atoms with Gasteiger partial charge in [-0.05, 0) is 64.4 Å². The maximum Gasteiger partial charge on any atom is 0.408 e. The van der Waals surface area contributed by atoms with Gasteiger partial charge in [0.25, 0.3) is 5.91 Å². The Bertz CT molecular complexity index is 1560. The van der Waals surface area contributed by atoms with Crippen molar-refractivity contribution < 1.29 is 14.3 Å². The predicted molar refractivity (Wildman–Crippen MR) is 143 cm³/mol. The normalized spacial score (nSPS) is 20.9. The summed E-state index contributed by atoms with van der Waals surface area (Å²) in [5.74, 6) is 1.11. The molecule has 2 aromatic heterocycles. The number of hydrogen-bond donors (Lipinski definition) is 1. The molecule has 0 unspecified atom stereocenters. The largest absolute Gasteiger partial charge is 0.444 e. The van der Waals surface area contributed by atoms with Crippen LogP contribution in [0, 0.1) is 5.92 Å². The van der Waals surface area contributed by atoms with E-state index in [1.54, 1.807) is 0 Å². The van der Waals surface area contributed by atoms with Crippen molar-refractivity contribution in [1.82, 2.24) is 24.3 Å². The Labute approximate surface area is 216 Å². The topological polar surface area (TPSA) is 81.4 Å². The highest BCUT2D eigenvalue weighted by Gasteiger charge is 2.62. The molecule has 1 saturated carbocycles. The molecule has 37 heavy (non-hydrogen) atoms. The number of piperidine rings is 1. The van der Waals surface area contributed by atoms with Crippen LogP contribution in [-0.4, -0.2) is 55.2 Å². The second kappa shape index (κ2) is 8.10. The van der Waals surface area contributed by atoms with Crippen molar-refractivity contribution in [3.8, 4) is 11.5 Å². The molecular formula is C29H33N5O3. The number of likely N-dealkylation sites (tertiary alicyclic amines) is 1. The van der Waals surface area contributed by atoms with Gasteiger partial charge in [-0.1, -0.05) is 18.2 Å². The minimum absolute atomic E-state index is 0.0330. The van der Waals surface area contributed by atoms with E-state index in [0.717, 1.165) is 35.5 Å². The van der Waals surface area contributed by atoms with E-state index in [2.05, 4.69) is 45.6 Å². The molecule has 2 atom stereocenters. The molecule has 0 bridgehead atoms. The van der Waals surface area contributed by atoms with Gasteiger partial charge in [0, 0.05) is 49.1 Å². The van der Waals surface area contributed by atoms with Gasteiger partial charge in [-0.25, -0.2) is 9.78 Å². The maximum absolute atomic E-state index is 13.4. The third-order valence-electron chi connectivity index (χ3n) is 7.67. The average molecular weight is 500 g/mol. The third-order valence-corrected chi connectivity index (χ3v) is 7.67. The Hall–Kier alpha value is -3.81. The molecule has 0 radical (unpaired) electrons. The minimum Gasteiger partial charge on any atom is -0.444 e. The number of benzene rings is 2. The van der Waals surface area contributed by atoms with E-state index in [0.29, 0.717) is 18.7 Å². The van der Waals surface area contributed by atoms with Gasteiger partial charge in [0.05, 0.1) is 22.3 Å². The lowest BCUT2D eigenvalue weighted by Crippen LogP contribution is -2.45. The van der Waals surface area contributed by atoms with Crippen molar-refractivity contribution in [2.24, 2.45) is 13.0 Å². The smallest absolute Gasteiger partial charge is 0.408 e. The lowest BCUT2D eigenvalue weighted by molar-refractivity contribution is 0.0486. The molecule has 8 heteroatoms. The van der Waals surface area contributed by atoms with E-state index < -0.39 is 11.7 Å². The zero-order chi connectivity index (χ0) is 26.1. The molecule has 2 aliphatic rings. The van der Waals surface area contributed by atoms with Crippen LogP contribution in [-0.2, 0) is 18.3 Å². The summed E-state index contributed by atoms with van der Waals surface area (Å²) in [4.78, 5) is 32.6. The average Bonchev–Trinajstić information content (AvgIpc) is 3.13. The minimum atomic E-state index is -0.554. The molecule has 1 N–H and O–H groups in total. The first-order chi connectivity index (χ1) is 17.6. The first kappa shape index (κ1) is 23.6. The Morgan fingerprint density at radius 3 is 2.68 bits per heavy atom. The molecule has 3 heterocycles. The van der Waals surface area contributed by atoms with Crippen LogP contribution in [0.15, 0.2) is 48.5 Å². The molecule has 2 aromatic carbocycles. The predicted octanol–water partition coefficient (Wildman–Crippen LogP) is 4.95. The van der Waals surface area contributed by atoms with Gasteiger partial charge in [-0.2, -0.15) is 0 Å². The zero-order valence-electron chi connectivity index (χ0n) is 22.0. The molecule has 192 valence electrons. The van der Waals surface area contributed by atoms with Crippen LogP contribution < -0.4 is 5.32 Å². The Morgan fingerprint density at radius 2 is 1.92 bits per heavy atom. The number of fused-ring (bicyclic) bond motifs is 3. The quantitative estimate of drug-likeness (QED) is 0.431. The van der Waals surface area contributed by atoms with Gasteiger partial charge in [0.15, 0.2) is 5.82 Å². The van der Waals surface area contributed by atoms with Crippen molar-refractivity contribution in [3.63, 3.8) is 0 Å². The zero-order valence-corrected chi connectivity index (χ0v) is 22.0. The Morgan fingerprint density at radius 1 is 1.14 bits per heavy atom. The summed E-state index contributed by atoms with van der Waals surface area (Å²) >= 11 is 0. The van der Waals surface area contributed by atoms with Gasteiger partial charge in [0.1, 0.15) is 5.60 Å². The molecule has 1 saturated heterocycles. The van der Waals surface area contributed by atoms with Crippen molar-refractivity contribution in [3.05, 3.63) is 54.1 Å². The number of hydrogen-bond acceptors (Lipinski definition) is 4. The number of alkyl carbamates (subject to hydrolysis) is 1. The highest BCUT2D eigenvalue weighted by Crippen LogP contribution is 2.50. The summed E-state index contributed by atoms with van der Waals surface area (Å²) in [7, 11) is 2.02. The third kappa shape index (κ3) is 3.95. The lowest BCUT2D eigenvalue weighted by Gasteiger charge is -2.24. The van der Waals surface area contributed by atoms with Gasteiger partial charge in [0.2, 0.25) is 0 Å². The van der Waals surface area contributed by atoms with Crippen LogP contribution in [0.25, 0.3) is 33.5 Å². The number of amides is 2. The van der Waals surface area contributed by atoms with E-state index in [-0.39, 0.29) is 17.4 Å². The number of carbonyl (C=O) groups is 2. The summed E-state index contributed by atoms with van der Waals surface area (Å²) in [5, 5.41) is 4.21. The molecule has 2 amide bonds. The van der Waals surface area contributed by atoms with E-state index in [1.165, 1.54) is 10.9 Å². The Kier molecular flexibility index (Phi) is 5.16. The summed E-state index contributed by atoms with van der Waals surface area (Å²) in [5.41, 5.74) is 3.71. The van der Waals surface area contributed by atoms with Crippen LogP contribution in [0.3, 0.4) is 0 Å². The number of aryl methyl sites for hydroxylation is 2. The van der Waals surface area contributed by atoms with Crippen molar-refractivity contribution in [1.29, 1.82) is 0 Å². The Balaban J connectivity index is 1.25. The highest BCUT2D eigenvalue weighted by atomic mass is 16.6. The lowest BCUT2D eigenvalue weighted by atomic mass is 10.1. The van der Waals surface area contributed by atoms with E-state index in [9.17, 15) is 9.59 Å². The maximum atomic E-state index is 13.4. The molecule has 4 aromatic rings. The number of ether oxygens (including phenoxy) is 1. The number of rotatable bonds is 4. The van der Waals surface area contributed by atoms with Crippen molar-refractivity contribution in [2.75, 3.05) is 13.1 Å². The van der Waals surface area contributed by atoms with Gasteiger partial charge in [-0.3, -0.25) is 4.79 Å². The van der Waals surface area contributed by atoms with E-state index in [1.807, 2.05) is 57.0 Å². The summed E-state index contributed by atoms with van der Waals surface area (Å²) in [6, 6.07) is 16.3. The van der Waals surface area contributed by atoms with Gasteiger partial charge >= 0.3 is 6.09 Å². The number of imidazole rings is 1. The fourth-order valence-electron chi connectivity index (χ4n) is 5.82. The molecule has 2 fully saturated rings. The van der Waals surface area contributed by atoms with Crippen molar-refractivity contribution >= 4 is 33.9 Å². The van der Waals surface area contributed by atoms with Gasteiger partial charge in [-0.15, -0.1) is 0 Å². The van der Waals surface area contributed by atoms with Crippen LogP contribution in [0.2, 0.25) is 0 Å². The second-order valence-corrected chi connectivity index (χ2v) is 11.4. The summed E-state index contributed by atoms with van der Waals surface area (Å²) < 4.78 is 9.81. The molecular weight excluding hydrogens is 466 g/mol. The van der Waals surface area contributed by atoms with Crippen LogP contribution in [0.1, 0.15) is 44.5 Å². The monoisotopic (exact) mass is 499 g/mol. The van der Waals surface area contributed by atoms with Gasteiger partial charge < -0.3 is 24.1 Å².